The summed E-state index contributed by atoms with van der Waals surface area (Å²) in [7, 11) is -0.117. The first-order valence-corrected chi connectivity index (χ1v) is 11.5. The maximum absolute atomic E-state index is 12.2. The fraction of sp³-hybridized carbons (Fsp3) is 0.444. The van der Waals surface area contributed by atoms with E-state index in [1.54, 1.807) is 33.3 Å². The molecule has 0 saturated carbocycles. The van der Waals surface area contributed by atoms with Crippen molar-refractivity contribution < 1.29 is 22.7 Å². The number of nitrogens with zero attached hydrogens (tertiary/aromatic N) is 2. The summed E-state index contributed by atoms with van der Waals surface area (Å²) in [5, 5.41) is 5.95. The predicted molar refractivity (Wildman–Crippen MR) is 111 cm³/mol. The summed E-state index contributed by atoms with van der Waals surface area (Å²) in [5.74, 6) is 1.28. The molecule has 2 aromatic rings. The molecule has 0 atom stereocenters. The van der Waals surface area contributed by atoms with Gasteiger partial charge in [-0.1, -0.05) is 17.4 Å². The maximum atomic E-state index is 12.2. The van der Waals surface area contributed by atoms with Crippen LogP contribution in [-0.2, 0) is 29.5 Å². The number of hydrogen-bond donors (Lipinski definition) is 2. The fourth-order valence-corrected chi connectivity index (χ4v) is 5.12. The number of methoxy groups -OCH3 is 2. The number of urea groups is 1. The number of amides is 2. The first-order chi connectivity index (χ1) is 13.9. The lowest BCUT2D eigenvalue weighted by molar-refractivity contribution is 0.251. The zero-order valence-electron chi connectivity index (χ0n) is 16.5. The third kappa shape index (κ3) is 4.98. The van der Waals surface area contributed by atoms with Gasteiger partial charge in [-0.15, -0.1) is 0 Å². The van der Waals surface area contributed by atoms with Crippen molar-refractivity contribution in [2.45, 2.75) is 26.4 Å². The number of ether oxygens (including phenoxy) is 2. The number of thiazole rings is 1. The van der Waals surface area contributed by atoms with Crippen LogP contribution in [0.2, 0.25) is 0 Å². The van der Waals surface area contributed by atoms with E-state index < -0.39 is 10.0 Å². The molecule has 0 radical (unpaired) electrons. The monoisotopic (exact) mass is 440 g/mol. The van der Waals surface area contributed by atoms with Gasteiger partial charge in [0.15, 0.2) is 16.6 Å². The van der Waals surface area contributed by atoms with Crippen molar-refractivity contribution in [3.63, 3.8) is 0 Å². The molecule has 1 aromatic carbocycles. The molecule has 1 aliphatic rings. The van der Waals surface area contributed by atoms with Gasteiger partial charge in [0.25, 0.3) is 0 Å². The van der Waals surface area contributed by atoms with Gasteiger partial charge < -0.3 is 14.8 Å². The molecule has 0 bridgehead atoms. The van der Waals surface area contributed by atoms with Crippen LogP contribution in [0.25, 0.3) is 0 Å². The number of carbonyl (C=O) groups excluding carboxylic acids is 1. The van der Waals surface area contributed by atoms with E-state index in [9.17, 15) is 13.2 Å². The normalized spacial score (nSPS) is 14.2. The Balaban J connectivity index is 1.58. The molecule has 2 N–H and O–H groups in total. The first kappa shape index (κ1) is 21.3. The van der Waals surface area contributed by atoms with E-state index in [1.807, 2.05) is 6.07 Å². The number of hydrogen-bond acceptors (Lipinski definition) is 7. The summed E-state index contributed by atoms with van der Waals surface area (Å²) in [6, 6.07) is 5.03. The van der Waals surface area contributed by atoms with Gasteiger partial charge in [0.2, 0.25) is 10.0 Å². The van der Waals surface area contributed by atoms with Crippen LogP contribution >= 0.6 is 11.3 Å². The number of rotatable bonds is 7. The molecule has 0 unspecified atom stereocenters. The third-order valence-corrected chi connectivity index (χ3v) is 7.40. The number of anilines is 1. The van der Waals surface area contributed by atoms with Crippen LogP contribution in [-0.4, -0.2) is 50.3 Å². The molecule has 0 saturated heterocycles. The van der Waals surface area contributed by atoms with Crippen molar-refractivity contribution in [2.24, 2.45) is 0 Å². The average molecular weight is 441 g/mol. The first-order valence-electron chi connectivity index (χ1n) is 9.08. The second kappa shape index (κ2) is 8.97. The molecular formula is C18H24N4O5S2. The van der Waals surface area contributed by atoms with Crippen molar-refractivity contribution in [3.05, 3.63) is 34.3 Å². The Hall–Kier alpha value is -2.37. The summed E-state index contributed by atoms with van der Waals surface area (Å²) >= 11 is 1.30. The smallest absolute Gasteiger partial charge is 0.321 e. The molecule has 11 heteroatoms. The lowest BCUT2D eigenvalue weighted by Gasteiger charge is -2.24. The molecule has 0 fully saturated rings. The standard InChI is InChI=1S/C18H24N4O5S2/c1-4-29(24,25)22-8-7-13-16(11-22)28-18(20-13)21-17(23)19-10-12-5-6-14(26-2)15(9-12)27-3/h5-6,9H,4,7-8,10-11H2,1-3H3,(H2,19,20,21,23). The second-order valence-corrected chi connectivity index (χ2v) is 9.71. The van der Waals surface area contributed by atoms with Gasteiger partial charge in [-0.05, 0) is 24.6 Å². The molecule has 158 valence electrons. The highest BCUT2D eigenvalue weighted by Gasteiger charge is 2.28. The number of fused-ring (bicyclic) bond motifs is 1. The Morgan fingerprint density at radius 3 is 2.72 bits per heavy atom. The minimum atomic E-state index is -3.23. The van der Waals surface area contributed by atoms with Gasteiger partial charge in [-0.2, -0.15) is 4.31 Å². The minimum absolute atomic E-state index is 0.0742. The third-order valence-electron chi connectivity index (χ3n) is 4.58. The number of aromatic nitrogens is 1. The van der Waals surface area contributed by atoms with Gasteiger partial charge in [0.1, 0.15) is 0 Å². The zero-order valence-corrected chi connectivity index (χ0v) is 18.2. The molecule has 0 spiro atoms. The van der Waals surface area contributed by atoms with E-state index in [-0.39, 0.29) is 11.8 Å². The van der Waals surface area contributed by atoms with Crippen LogP contribution in [0.1, 0.15) is 23.1 Å². The number of benzene rings is 1. The lowest BCUT2D eigenvalue weighted by atomic mass is 10.2. The topological polar surface area (TPSA) is 110 Å². The van der Waals surface area contributed by atoms with Crippen molar-refractivity contribution in [2.75, 3.05) is 31.8 Å². The van der Waals surface area contributed by atoms with Crippen molar-refractivity contribution >= 4 is 32.5 Å². The zero-order chi connectivity index (χ0) is 21.0. The number of nitrogens with one attached hydrogen (secondary N) is 2. The fourth-order valence-electron chi connectivity index (χ4n) is 2.96. The molecule has 3 rings (SSSR count). The second-order valence-electron chi connectivity index (χ2n) is 6.37. The van der Waals surface area contributed by atoms with Gasteiger partial charge in [-0.25, -0.2) is 18.2 Å². The summed E-state index contributed by atoms with van der Waals surface area (Å²) < 4.78 is 36.1. The minimum Gasteiger partial charge on any atom is -0.493 e. The van der Waals surface area contributed by atoms with Crippen molar-refractivity contribution in [1.82, 2.24) is 14.6 Å². The van der Waals surface area contributed by atoms with Crippen LogP contribution < -0.4 is 20.1 Å². The van der Waals surface area contributed by atoms with Crippen LogP contribution in [0.15, 0.2) is 18.2 Å². The Morgan fingerprint density at radius 1 is 1.28 bits per heavy atom. The molecule has 2 heterocycles. The van der Waals surface area contributed by atoms with Crippen LogP contribution in [0.5, 0.6) is 11.5 Å². The Morgan fingerprint density at radius 2 is 2.03 bits per heavy atom. The molecule has 0 aliphatic carbocycles. The molecule has 29 heavy (non-hydrogen) atoms. The van der Waals surface area contributed by atoms with Gasteiger partial charge in [0, 0.05) is 30.9 Å². The summed E-state index contributed by atoms with van der Waals surface area (Å²) in [5.41, 5.74) is 1.70. The van der Waals surface area contributed by atoms with E-state index in [2.05, 4.69) is 15.6 Å². The van der Waals surface area contributed by atoms with Gasteiger partial charge in [0.05, 0.1) is 25.7 Å². The molecule has 1 aromatic heterocycles. The van der Waals surface area contributed by atoms with Crippen molar-refractivity contribution in [3.8, 4) is 11.5 Å². The Kier molecular flexibility index (Phi) is 6.60. The summed E-state index contributed by atoms with van der Waals surface area (Å²) in [6.45, 7) is 2.66. The SMILES string of the molecule is CCS(=O)(=O)N1CCc2nc(NC(=O)NCc3ccc(OC)c(OC)c3)sc2C1. The molecular weight excluding hydrogens is 416 g/mol. The van der Waals surface area contributed by atoms with Crippen LogP contribution in [0.3, 0.4) is 0 Å². The van der Waals surface area contributed by atoms with E-state index >= 15 is 0 Å². The summed E-state index contributed by atoms with van der Waals surface area (Å²) in [6.07, 6.45) is 0.542. The van der Waals surface area contributed by atoms with E-state index in [4.69, 9.17) is 9.47 Å². The lowest BCUT2D eigenvalue weighted by Crippen LogP contribution is -2.36. The van der Waals surface area contributed by atoms with Crippen molar-refractivity contribution in [1.29, 1.82) is 0 Å². The average Bonchev–Trinajstić information content (AvgIpc) is 3.13. The van der Waals surface area contributed by atoms with E-state index in [0.29, 0.717) is 42.7 Å². The number of sulfonamides is 1. The number of carbonyl (C=O) groups is 1. The summed E-state index contributed by atoms with van der Waals surface area (Å²) in [4.78, 5) is 17.5. The highest BCUT2D eigenvalue weighted by Crippen LogP contribution is 2.30. The van der Waals surface area contributed by atoms with E-state index in [0.717, 1.165) is 16.1 Å². The molecule has 9 nitrogen and oxygen atoms in total. The molecule has 2 amide bonds. The Bertz CT molecular complexity index is 990. The van der Waals surface area contributed by atoms with Gasteiger partial charge in [-0.3, -0.25) is 5.32 Å². The van der Waals surface area contributed by atoms with Gasteiger partial charge >= 0.3 is 6.03 Å². The predicted octanol–water partition coefficient (Wildman–Crippen LogP) is 2.19. The van der Waals surface area contributed by atoms with Crippen LogP contribution in [0.4, 0.5) is 9.93 Å². The highest BCUT2D eigenvalue weighted by molar-refractivity contribution is 7.89. The highest BCUT2D eigenvalue weighted by atomic mass is 32.2. The largest absolute Gasteiger partial charge is 0.493 e. The van der Waals surface area contributed by atoms with Crippen LogP contribution in [0, 0.1) is 0 Å². The Labute approximate surface area is 174 Å². The van der Waals surface area contributed by atoms with E-state index in [1.165, 1.54) is 15.6 Å². The maximum Gasteiger partial charge on any atom is 0.321 e. The quantitative estimate of drug-likeness (QED) is 0.683. The molecule has 1 aliphatic heterocycles.